The number of imidazole rings is 1. The molecule has 2 amide bonds. The number of para-hydroxylation sites is 1. The predicted octanol–water partition coefficient (Wildman–Crippen LogP) is 5.29. The maximum absolute atomic E-state index is 13.4. The third-order valence-corrected chi connectivity index (χ3v) is 11.1. The van der Waals surface area contributed by atoms with Crippen LogP contribution in [0, 0.1) is 0 Å². The predicted molar refractivity (Wildman–Crippen MR) is 170 cm³/mol. The third kappa shape index (κ3) is 6.79. The Balaban J connectivity index is 1.14. The number of aromatic nitrogens is 2. The Bertz CT molecular complexity index is 1770. The van der Waals surface area contributed by atoms with Gasteiger partial charge in [0.25, 0.3) is 0 Å². The van der Waals surface area contributed by atoms with Gasteiger partial charge in [0.2, 0.25) is 0 Å². The number of benzene rings is 4. The summed E-state index contributed by atoms with van der Waals surface area (Å²) in [6.07, 6.45) is 5.04. The summed E-state index contributed by atoms with van der Waals surface area (Å²) < 4.78 is 8.61. The van der Waals surface area contributed by atoms with Crippen LogP contribution >= 0.6 is 11.6 Å². The summed E-state index contributed by atoms with van der Waals surface area (Å²) >= 11 is 5.85. The number of carbonyl (C=O) groups excluding carboxylic acids is 2. The molecule has 1 aliphatic rings. The fourth-order valence-corrected chi connectivity index (χ4v) is 8.43. The summed E-state index contributed by atoms with van der Waals surface area (Å²) in [7, 11) is 0. The van der Waals surface area contributed by atoms with E-state index in [1.54, 1.807) is 18.2 Å². The van der Waals surface area contributed by atoms with Gasteiger partial charge < -0.3 is 0 Å². The molecule has 217 valence electrons. The number of nitrogens with zero attached hydrogens (tertiary/aromatic N) is 2. The Hall–Kier alpha value is -4.06. The van der Waals surface area contributed by atoms with Crippen molar-refractivity contribution in [3.63, 3.8) is 0 Å². The third-order valence-electron chi connectivity index (χ3n) is 7.73. The zero-order valence-electron chi connectivity index (χ0n) is 23.4. The van der Waals surface area contributed by atoms with Gasteiger partial charge in [0, 0.05) is 0 Å². The number of nitrogens with two attached hydrogens (primary N) is 1. The van der Waals surface area contributed by atoms with Gasteiger partial charge in [-0.25, -0.2) is 0 Å². The van der Waals surface area contributed by atoms with Gasteiger partial charge in [0.05, 0.1) is 0 Å². The van der Waals surface area contributed by atoms with Crippen molar-refractivity contribution in [2.75, 3.05) is 6.61 Å². The van der Waals surface area contributed by atoms with E-state index in [2.05, 4.69) is 63.4 Å². The van der Waals surface area contributed by atoms with E-state index < -0.39 is 11.9 Å². The average Bonchev–Trinajstić information content (AvgIpc) is 3.46. The van der Waals surface area contributed by atoms with Crippen LogP contribution < -0.4 is 15.8 Å². The topological polar surface area (TPSA) is 99.2 Å². The van der Waals surface area contributed by atoms with E-state index in [4.69, 9.17) is 22.1 Å². The van der Waals surface area contributed by atoms with Crippen LogP contribution in [-0.2, 0) is 23.0 Å². The van der Waals surface area contributed by atoms with Gasteiger partial charge in [-0.15, -0.1) is 0 Å². The molecule has 1 aliphatic heterocycles. The number of hydrogen-bond donors (Lipinski definition) is 2. The molecule has 2 atom stereocenters. The minimum atomic E-state index is -0.863. The monoisotopic (exact) mass is 653 g/mol. The van der Waals surface area contributed by atoms with Crippen LogP contribution in [0.25, 0.3) is 10.8 Å². The van der Waals surface area contributed by atoms with Gasteiger partial charge in [-0.3, -0.25) is 0 Å². The zero-order chi connectivity index (χ0) is 29.8. The molecule has 1 unspecified atom stereocenters. The molecule has 3 N–H and O–H groups in total. The van der Waals surface area contributed by atoms with E-state index in [-0.39, 0.29) is 28.1 Å². The van der Waals surface area contributed by atoms with Gasteiger partial charge in [-0.2, -0.15) is 0 Å². The van der Waals surface area contributed by atoms with Crippen molar-refractivity contribution in [1.82, 2.24) is 14.9 Å². The minimum absolute atomic E-state index is 0.136. The SMILES string of the molecule is NC(=O)[C@H](Cc1ccc(Cl)cc1)NC(=O)c1cccc2c1OCCC2[As]Cc1cncn1Cc1ccc2ccccc2c1. The molecule has 4 aromatic carbocycles. The summed E-state index contributed by atoms with van der Waals surface area (Å²) in [6.45, 7) is 1.31. The summed E-state index contributed by atoms with van der Waals surface area (Å²) in [6, 6.07) is 26.9. The quantitative estimate of drug-likeness (QED) is 0.200. The molecule has 9 heteroatoms. The van der Waals surface area contributed by atoms with Crippen LogP contribution in [0.2, 0.25) is 5.02 Å². The van der Waals surface area contributed by atoms with Crippen molar-refractivity contribution in [1.29, 1.82) is 0 Å². The van der Waals surface area contributed by atoms with Crippen molar-refractivity contribution >= 4 is 49.9 Å². The number of nitrogens with one attached hydrogen (secondary N) is 1. The van der Waals surface area contributed by atoms with E-state index in [0.29, 0.717) is 27.6 Å². The molecule has 0 aliphatic carbocycles. The molecular formula is C34H31AsClN4O3. The van der Waals surface area contributed by atoms with Crippen molar-refractivity contribution < 1.29 is 14.3 Å². The molecule has 1 radical (unpaired) electrons. The second kappa shape index (κ2) is 13.1. The average molecular weight is 654 g/mol. The normalized spacial score (nSPS) is 15.2. The Kier molecular flexibility index (Phi) is 8.82. The molecule has 43 heavy (non-hydrogen) atoms. The molecule has 0 bridgehead atoms. The summed E-state index contributed by atoms with van der Waals surface area (Å²) in [5.74, 6) is -0.372. The van der Waals surface area contributed by atoms with Gasteiger partial charge >= 0.3 is 251 Å². The van der Waals surface area contributed by atoms with E-state index in [0.717, 1.165) is 29.3 Å². The first-order chi connectivity index (χ1) is 20.9. The summed E-state index contributed by atoms with van der Waals surface area (Å²) in [4.78, 5) is 30.1. The number of amides is 2. The molecule has 2 heterocycles. The Morgan fingerprint density at radius 1 is 1.02 bits per heavy atom. The molecule has 0 fully saturated rings. The van der Waals surface area contributed by atoms with Gasteiger partial charge in [0.15, 0.2) is 0 Å². The Morgan fingerprint density at radius 2 is 1.81 bits per heavy atom. The number of hydrogen-bond acceptors (Lipinski definition) is 4. The number of halogens is 1. The van der Waals surface area contributed by atoms with Crippen molar-refractivity contribution in [2.45, 2.75) is 35.3 Å². The first-order valence-electron chi connectivity index (χ1n) is 14.2. The van der Waals surface area contributed by atoms with Crippen molar-refractivity contribution in [2.24, 2.45) is 5.73 Å². The van der Waals surface area contributed by atoms with Crippen LogP contribution in [0.4, 0.5) is 0 Å². The first kappa shape index (κ1) is 29.0. The molecule has 1 aromatic heterocycles. The van der Waals surface area contributed by atoms with E-state index in [9.17, 15) is 9.59 Å². The van der Waals surface area contributed by atoms with Crippen LogP contribution in [0.3, 0.4) is 0 Å². The van der Waals surface area contributed by atoms with Crippen LogP contribution in [-0.4, -0.2) is 49.8 Å². The van der Waals surface area contributed by atoms with Crippen molar-refractivity contribution in [3.05, 3.63) is 130 Å². The number of ether oxygens (including phenoxy) is 1. The molecule has 0 saturated heterocycles. The fraction of sp³-hybridized carbons (Fsp3) is 0.206. The zero-order valence-corrected chi connectivity index (χ0v) is 26.1. The van der Waals surface area contributed by atoms with Gasteiger partial charge in [-0.05, 0) is 0 Å². The second-order valence-corrected chi connectivity index (χ2v) is 13.8. The number of fused-ring (bicyclic) bond motifs is 2. The van der Waals surface area contributed by atoms with E-state index in [1.807, 2.05) is 30.7 Å². The Labute approximate surface area is 262 Å². The molecule has 5 aromatic rings. The molecule has 0 saturated carbocycles. The fourth-order valence-electron chi connectivity index (χ4n) is 5.45. The van der Waals surface area contributed by atoms with Gasteiger partial charge in [0.1, 0.15) is 0 Å². The standard InChI is InChI=1S/C34H31AsClN4O3/c36-26-12-9-22(10-13-26)17-31(33(37)41)39-34(42)29-7-3-6-28-30(14-15-43-32(28)29)35-18-27-19-38-21-40(27)20-23-8-11-24-4-1-2-5-25(24)16-23/h1-13,16,19,21,30-31H,14-15,17-18,20H2,(H2,37,41)(H,39,42)/t30?,31-/m0/s1. The molecule has 6 rings (SSSR count). The number of carbonyl (C=O) groups is 2. The maximum atomic E-state index is 13.4. The number of primary amides is 1. The summed E-state index contributed by atoms with van der Waals surface area (Å²) in [5, 5.41) is 6.84. The van der Waals surface area contributed by atoms with E-state index >= 15 is 0 Å². The van der Waals surface area contributed by atoms with Crippen LogP contribution in [0.1, 0.15) is 43.9 Å². The summed E-state index contributed by atoms with van der Waals surface area (Å²) in [5.41, 5.74) is 10.4. The van der Waals surface area contributed by atoms with E-state index in [1.165, 1.54) is 22.0 Å². The molecule has 7 nitrogen and oxygen atoms in total. The van der Waals surface area contributed by atoms with Crippen LogP contribution in [0.15, 0.2) is 97.5 Å². The number of rotatable bonds is 10. The van der Waals surface area contributed by atoms with Crippen LogP contribution in [0.5, 0.6) is 5.75 Å². The first-order valence-corrected chi connectivity index (χ1v) is 17.0. The Morgan fingerprint density at radius 3 is 2.63 bits per heavy atom. The second-order valence-electron chi connectivity index (χ2n) is 10.7. The van der Waals surface area contributed by atoms with Crippen molar-refractivity contribution in [3.8, 4) is 5.75 Å². The van der Waals surface area contributed by atoms with Gasteiger partial charge in [-0.1, -0.05) is 11.6 Å². The molecule has 0 spiro atoms. The molecular weight excluding hydrogens is 623 g/mol.